The van der Waals surface area contributed by atoms with Gasteiger partial charge in [0.25, 0.3) is 0 Å². The van der Waals surface area contributed by atoms with Crippen LogP contribution in [0, 0.1) is 0 Å². The molecule has 1 fully saturated rings. The highest BCUT2D eigenvalue weighted by Crippen LogP contribution is 2.07. The van der Waals surface area contributed by atoms with Crippen molar-refractivity contribution in [1.29, 1.82) is 0 Å². The van der Waals surface area contributed by atoms with E-state index < -0.39 is 11.9 Å². The Kier molecular flexibility index (Phi) is 8.40. The van der Waals surface area contributed by atoms with Crippen LogP contribution >= 0.6 is 0 Å². The number of allylic oxidation sites excluding steroid dienone is 1. The Morgan fingerprint density at radius 1 is 1.24 bits per heavy atom. The molecule has 5 heteroatoms. The van der Waals surface area contributed by atoms with Gasteiger partial charge in [0, 0.05) is 6.42 Å². The highest BCUT2D eigenvalue weighted by atomic mass is 16.2. The second kappa shape index (κ2) is 10.1. The van der Waals surface area contributed by atoms with E-state index in [0.717, 1.165) is 12.8 Å². The molecule has 0 unspecified atom stereocenters. The van der Waals surface area contributed by atoms with Gasteiger partial charge in [-0.2, -0.15) is 0 Å². The van der Waals surface area contributed by atoms with E-state index in [1.807, 2.05) is 6.08 Å². The molecular weight excluding hydrogens is 268 g/mol. The van der Waals surface area contributed by atoms with Crippen molar-refractivity contribution in [2.24, 2.45) is 0 Å². The lowest BCUT2D eigenvalue weighted by atomic mass is 10.1. The van der Waals surface area contributed by atoms with Crippen LogP contribution < -0.4 is 10.6 Å². The quantitative estimate of drug-likeness (QED) is 0.389. The van der Waals surface area contributed by atoms with E-state index in [1.54, 1.807) is 0 Å². The normalized spacial score (nSPS) is 18.8. The maximum absolute atomic E-state index is 11.6. The lowest BCUT2D eigenvalue weighted by Crippen LogP contribution is -2.52. The number of unbranched alkanes of at least 4 members (excludes halogenated alkanes) is 6. The number of rotatable bonds is 9. The number of carbonyl (C=O) groups is 3. The number of amides is 3. The number of hydrogen-bond donors (Lipinski definition) is 2. The zero-order chi connectivity index (χ0) is 15.5. The Morgan fingerprint density at radius 3 is 2.67 bits per heavy atom. The van der Waals surface area contributed by atoms with Crippen molar-refractivity contribution in [3.8, 4) is 0 Å². The van der Waals surface area contributed by atoms with Gasteiger partial charge in [-0.1, -0.05) is 45.1 Å². The molecule has 0 saturated carbocycles. The highest BCUT2D eigenvalue weighted by molar-refractivity contribution is 6.02. The van der Waals surface area contributed by atoms with Crippen LogP contribution in [0.15, 0.2) is 12.2 Å². The van der Waals surface area contributed by atoms with E-state index in [1.165, 1.54) is 38.2 Å². The summed E-state index contributed by atoms with van der Waals surface area (Å²) >= 11 is 0. The van der Waals surface area contributed by atoms with E-state index in [4.69, 9.17) is 0 Å². The van der Waals surface area contributed by atoms with Crippen molar-refractivity contribution < 1.29 is 14.4 Å². The molecule has 2 N–H and O–H groups in total. The van der Waals surface area contributed by atoms with Crippen LogP contribution in [0.1, 0.15) is 64.7 Å². The molecule has 1 atom stereocenters. The van der Waals surface area contributed by atoms with E-state index in [2.05, 4.69) is 17.6 Å². The van der Waals surface area contributed by atoms with Gasteiger partial charge in [-0.05, 0) is 25.3 Å². The third-order valence-corrected chi connectivity index (χ3v) is 3.55. The fourth-order valence-corrected chi connectivity index (χ4v) is 2.28. The van der Waals surface area contributed by atoms with Crippen LogP contribution in [0.25, 0.3) is 0 Å². The third-order valence-electron chi connectivity index (χ3n) is 3.55. The Labute approximate surface area is 126 Å². The van der Waals surface area contributed by atoms with Gasteiger partial charge in [0.15, 0.2) is 0 Å². The molecule has 0 aliphatic carbocycles. The van der Waals surface area contributed by atoms with Gasteiger partial charge in [0.1, 0.15) is 6.04 Å². The Hall–Kier alpha value is -1.65. The summed E-state index contributed by atoms with van der Waals surface area (Å²) in [5.74, 6) is -0.955. The van der Waals surface area contributed by atoms with Crippen molar-refractivity contribution in [2.45, 2.75) is 70.8 Å². The minimum Gasteiger partial charge on any atom is -0.341 e. The molecule has 1 aliphatic rings. The number of hydrogen-bond acceptors (Lipinski definition) is 3. The van der Waals surface area contributed by atoms with E-state index in [-0.39, 0.29) is 18.2 Å². The zero-order valence-corrected chi connectivity index (χ0v) is 12.8. The maximum atomic E-state index is 11.6. The van der Waals surface area contributed by atoms with Gasteiger partial charge < -0.3 is 5.32 Å². The van der Waals surface area contributed by atoms with Crippen molar-refractivity contribution in [3.05, 3.63) is 12.2 Å². The summed E-state index contributed by atoms with van der Waals surface area (Å²) in [6, 6.07) is -0.589. The first-order chi connectivity index (χ1) is 10.1. The smallest absolute Gasteiger partial charge is 0.249 e. The molecule has 1 rings (SSSR count). The van der Waals surface area contributed by atoms with Crippen LogP contribution in [0.4, 0.5) is 0 Å². The van der Waals surface area contributed by atoms with Gasteiger partial charge in [-0.15, -0.1) is 0 Å². The molecule has 0 bridgehead atoms. The summed E-state index contributed by atoms with van der Waals surface area (Å²) in [5.41, 5.74) is 0. The molecule has 21 heavy (non-hydrogen) atoms. The zero-order valence-electron chi connectivity index (χ0n) is 12.8. The van der Waals surface area contributed by atoms with Crippen molar-refractivity contribution in [1.82, 2.24) is 10.6 Å². The lowest BCUT2D eigenvalue weighted by molar-refractivity contribution is -0.136. The highest BCUT2D eigenvalue weighted by Gasteiger charge is 2.26. The van der Waals surface area contributed by atoms with Crippen molar-refractivity contribution in [3.63, 3.8) is 0 Å². The fraction of sp³-hybridized carbons (Fsp3) is 0.688. The first-order valence-electron chi connectivity index (χ1n) is 7.94. The minimum atomic E-state index is -0.589. The molecule has 118 valence electrons. The Morgan fingerprint density at radius 2 is 1.95 bits per heavy atom. The SMILES string of the molecule is CCCCCCCCC=CC(=O)N[C@H]1CCC(=O)NC1=O. The van der Waals surface area contributed by atoms with E-state index in [0.29, 0.717) is 6.42 Å². The van der Waals surface area contributed by atoms with Gasteiger partial charge in [-0.3, -0.25) is 19.7 Å². The molecule has 1 heterocycles. The molecule has 5 nitrogen and oxygen atoms in total. The van der Waals surface area contributed by atoms with Crippen LogP contribution in [-0.4, -0.2) is 23.8 Å². The van der Waals surface area contributed by atoms with Gasteiger partial charge in [-0.25, -0.2) is 0 Å². The average Bonchev–Trinajstić information content (AvgIpc) is 2.45. The summed E-state index contributed by atoms with van der Waals surface area (Å²) in [4.78, 5) is 34.1. The molecular formula is C16H26N2O3. The monoisotopic (exact) mass is 294 g/mol. The predicted molar refractivity (Wildman–Crippen MR) is 81.4 cm³/mol. The molecule has 3 amide bonds. The molecule has 0 aromatic heterocycles. The van der Waals surface area contributed by atoms with E-state index >= 15 is 0 Å². The topological polar surface area (TPSA) is 75.3 Å². The lowest BCUT2D eigenvalue weighted by Gasteiger charge is -2.20. The first kappa shape index (κ1) is 17.4. The minimum absolute atomic E-state index is 0.268. The van der Waals surface area contributed by atoms with Crippen molar-refractivity contribution >= 4 is 17.7 Å². The summed E-state index contributed by atoms with van der Waals surface area (Å²) in [6.45, 7) is 2.20. The van der Waals surface area contributed by atoms with Gasteiger partial charge >= 0.3 is 0 Å². The predicted octanol–water partition coefficient (Wildman–Crippen LogP) is 2.21. The molecule has 0 aromatic carbocycles. The Bertz CT molecular complexity index is 391. The number of carbonyl (C=O) groups excluding carboxylic acids is 3. The number of imide groups is 1. The van der Waals surface area contributed by atoms with E-state index in [9.17, 15) is 14.4 Å². The van der Waals surface area contributed by atoms with Gasteiger partial charge in [0.2, 0.25) is 17.7 Å². The largest absolute Gasteiger partial charge is 0.341 e. The summed E-state index contributed by atoms with van der Waals surface area (Å²) in [5, 5.41) is 4.84. The summed E-state index contributed by atoms with van der Waals surface area (Å²) in [7, 11) is 0. The van der Waals surface area contributed by atoms with Crippen molar-refractivity contribution in [2.75, 3.05) is 0 Å². The second-order valence-corrected chi connectivity index (χ2v) is 5.47. The molecule has 0 spiro atoms. The molecule has 1 saturated heterocycles. The third kappa shape index (κ3) is 7.63. The molecule has 0 aromatic rings. The van der Waals surface area contributed by atoms with Crippen LogP contribution in [0.5, 0.6) is 0 Å². The number of piperidine rings is 1. The molecule has 0 radical (unpaired) electrons. The molecule has 1 aliphatic heterocycles. The van der Waals surface area contributed by atoms with Crippen LogP contribution in [0.3, 0.4) is 0 Å². The Balaban J connectivity index is 2.11. The average molecular weight is 294 g/mol. The summed E-state index contributed by atoms with van der Waals surface area (Å²) < 4.78 is 0. The standard InChI is InChI=1S/C16H26N2O3/c1-2-3-4-5-6-7-8-9-10-14(19)17-13-11-12-15(20)18-16(13)21/h9-10,13H,2-8,11-12H2,1H3,(H,17,19)(H,18,20,21)/t13-/m0/s1. The first-order valence-corrected chi connectivity index (χ1v) is 7.94. The maximum Gasteiger partial charge on any atom is 0.249 e. The number of nitrogens with one attached hydrogen (secondary N) is 2. The van der Waals surface area contributed by atoms with Gasteiger partial charge in [0.05, 0.1) is 0 Å². The second-order valence-electron chi connectivity index (χ2n) is 5.47. The van der Waals surface area contributed by atoms with Crippen LogP contribution in [0.2, 0.25) is 0 Å². The summed E-state index contributed by atoms with van der Waals surface area (Å²) in [6.07, 6.45) is 12.2. The fourth-order valence-electron chi connectivity index (χ4n) is 2.28. The van der Waals surface area contributed by atoms with Crippen LogP contribution in [-0.2, 0) is 14.4 Å².